The molecule has 1 atom stereocenters. The van der Waals surface area contributed by atoms with Crippen LogP contribution in [0.1, 0.15) is 37.6 Å². The molecule has 31 heavy (non-hydrogen) atoms. The van der Waals surface area contributed by atoms with Gasteiger partial charge in [0.25, 0.3) is 11.7 Å². The fraction of sp³-hybridized carbons (Fsp3) is 0.364. The van der Waals surface area contributed by atoms with E-state index in [4.69, 9.17) is 37.1 Å². The lowest BCUT2D eigenvalue weighted by atomic mass is 9.98. The molecule has 1 aliphatic heterocycles. The number of halogens is 2. The zero-order valence-electron chi connectivity index (χ0n) is 17.4. The summed E-state index contributed by atoms with van der Waals surface area (Å²) in [7, 11) is 1.38. The van der Waals surface area contributed by atoms with Crippen molar-refractivity contribution in [3.05, 3.63) is 57.5 Å². The van der Waals surface area contributed by atoms with E-state index in [1.807, 2.05) is 13.8 Å². The SMILES string of the molecule is COc1c(Cl)cc(Cl)cc1/C(O)=C1/C(=O)C(=O)N(CCCOC(C)C)C1c1ccco1. The van der Waals surface area contributed by atoms with E-state index in [0.29, 0.717) is 18.8 Å². The van der Waals surface area contributed by atoms with E-state index in [-0.39, 0.29) is 39.6 Å². The van der Waals surface area contributed by atoms with Gasteiger partial charge in [0.05, 0.1) is 35.6 Å². The number of carbonyl (C=O) groups excluding carboxylic acids is 2. The Labute approximate surface area is 190 Å². The smallest absolute Gasteiger partial charge is 0.295 e. The number of amides is 1. The van der Waals surface area contributed by atoms with Crippen LogP contribution in [0.3, 0.4) is 0 Å². The summed E-state index contributed by atoms with van der Waals surface area (Å²) >= 11 is 12.3. The number of benzene rings is 1. The van der Waals surface area contributed by atoms with Gasteiger partial charge >= 0.3 is 0 Å². The van der Waals surface area contributed by atoms with E-state index in [2.05, 4.69) is 0 Å². The molecule has 1 aliphatic rings. The van der Waals surface area contributed by atoms with E-state index < -0.39 is 23.5 Å². The summed E-state index contributed by atoms with van der Waals surface area (Å²) in [4.78, 5) is 27.2. The first kappa shape index (κ1) is 23.2. The lowest BCUT2D eigenvalue weighted by Gasteiger charge is -2.23. The lowest BCUT2D eigenvalue weighted by molar-refractivity contribution is -0.140. The highest BCUT2D eigenvalue weighted by atomic mass is 35.5. The van der Waals surface area contributed by atoms with Crippen LogP contribution >= 0.6 is 23.2 Å². The van der Waals surface area contributed by atoms with E-state index in [0.717, 1.165) is 0 Å². The second-order valence-electron chi connectivity index (χ2n) is 7.25. The molecule has 1 aromatic heterocycles. The number of aliphatic hydroxyl groups excluding tert-OH is 1. The summed E-state index contributed by atoms with van der Waals surface area (Å²) < 4.78 is 16.3. The minimum atomic E-state index is -0.906. The van der Waals surface area contributed by atoms with Crippen molar-refractivity contribution in [1.29, 1.82) is 0 Å². The number of nitrogens with zero attached hydrogens (tertiary/aromatic N) is 1. The molecule has 3 rings (SSSR count). The number of likely N-dealkylation sites (tertiary alicyclic amines) is 1. The van der Waals surface area contributed by atoms with Crippen LogP contribution < -0.4 is 4.74 Å². The zero-order chi connectivity index (χ0) is 22.7. The number of hydrogen-bond donors (Lipinski definition) is 1. The van der Waals surface area contributed by atoms with Crippen molar-refractivity contribution in [3.63, 3.8) is 0 Å². The van der Waals surface area contributed by atoms with Crippen LogP contribution in [-0.2, 0) is 14.3 Å². The Morgan fingerprint density at radius 1 is 1.29 bits per heavy atom. The summed E-state index contributed by atoms with van der Waals surface area (Å²) in [6.45, 7) is 4.49. The first-order chi connectivity index (χ1) is 14.8. The Hall–Kier alpha value is -2.48. The van der Waals surface area contributed by atoms with Crippen molar-refractivity contribution in [2.45, 2.75) is 32.4 Å². The standard InChI is InChI=1S/C22H23Cl2NO6/c1-12(2)30-9-5-7-25-18(16-6-4-8-31-16)17(20(27)22(25)28)19(26)14-10-13(23)11-15(24)21(14)29-3/h4,6,8,10-12,18,26H,5,7,9H2,1-3H3/b19-17-. The highest BCUT2D eigenvalue weighted by Gasteiger charge is 2.47. The van der Waals surface area contributed by atoms with Crippen molar-refractivity contribution in [3.8, 4) is 5.75 Å². The van der Waals surface area contributed by atoms with Crippen molar-refractivity contribution in [2.75, 3.05) is 20.3 Å². The molecule has 0 bridgehead atoms. The minimum Gasteiger partial charge on any atom is -0.507 e. The predicted molar refractivity (Wildman–Crippen MR) is 116 cm³/mol. The van der Waals surface area contributed by atoms with Gasteiger partial charge in [0, 0.05) is 18.2 Å². The van der Waals surface area contributed by atoms with Gasteiger partial charge in [-0.15, -0.1) is 0 Å². The van der Waals surface area contributed by atoms with Crippen LogP contribution in [0.5, 0.6) is 5.75 Å². The number of carbonyl (C=O) groups is 2. The highest BCUT2D eigenvalue weighted by molar-refractivity contribution is 6.46. The van der Waals surface area contributed by atoms with Gasteiger partial charge in [0.2, 0.25) is 0 Å². The Morgan fingerprint density at radius 3 is 2.65 bits per heavy atom. The molecule has 1 N–H and O–H groups in total. The molecule has 1 fully saturated rings. The van der Waals surface area contributed by atoms with Crippen LogP contribution in [0.15, 0.2) is 40.5 Å². The summed E-state index contributed by atoms with van der Waals surface area (Å²) in [5, 5.41) is 11.5. The molecule has 1 aromatic carbocycles. The Bertz CT molecular complexity index is 1000. The summed E-state index contributed by atoms with van der Waals surface area (Å²) in [5.74, 6) is -1.53. The van der Waals surface area contributed by atoms with Crippen LogP contribution in [0.25, 0.3) is 5.76 Å². The normalized spacial score (nSPS) is 18.3. The average Bonchev–Trinajstić information content (AvgIpc) is 3.32. The first-order valence-electron chi connectivity index (χ1n) is 9.73. The maximum Gasteiger partial charge on any atom is 0.295 e. The van der Waals surface area contributed by atoms with E-state index in [9.17, 15) is 14.7 Å². The molecule has 0 saturated carbocycles. The minimum absolute atomic E-state index is 0.0522. The Balaban J connectivity index is 2.08. The molecule has 0 aliphatic carbocycles. The van der Waals surface area contributed by atoms with Crippen molar-refractivity contribution < 1.29 is 28.6 Å². The monoisotopic (exact) mass is 467 g/mol. The van der Waals surface area contributed by atoms with E-state index in [1.165, 1.54) is 30.4 Å². The second kappa shape index (κ2) is 9.77. The highest BCUT2D eigenvalue weighted by Crippen LogP contribution is 2.43. The molecular formula is C22H23Cl2NO6. The van der Waals surface area contributed by atoms with E-state index >= 15 is 0 Å². The van der Waals surface area contributed by atoms with Gasteiger partial charge in [-0.25, -0.2) is 0 Å². The number of ketones is 1. The third-order valence-electron chi connectivity index (χ3n) is 4.81. The van der Waals surface area contributed by atoms with Crippen molar-refractivity contribution in [2.24, 2.45) is 0 Å². The topological polar surface area (TPSA) is 89.2 Å². The van der Waals surface area contributed by atoms with Gasteiger partial charge in [-0.1, -0.05) is 23.2 Å². The molecule has 2 aromatic rings. The molecule has 7 nitrogen and oxygen atoms in total. The molecule has 2 heterocycles. The maximum absolute atomic E-state index is 13.0. The third kappa shape index (κ3) is 4.74. The summed E-state index contributed by atoms with van der Waals surface area (Å²) in [6, 6.07) is 5.26. The third-order valence-corrected chi connectivity index (χ3v) is 5.31. The molecule has 1 unspecified atom stereocenters. The fourth-order valence-corrected chi connectivity index (χ4v) is 4.07. The number of aliphatic hydroxyl groups is 1. The first-order valence-corrected chi connectivity index (χ1v) is 10.5. The van der Waals surface area contributed by atoms with Crippen LogP contribution in [0.4, 0.5) is 0 Å². The average molecular weight is 468 g/mol. The second-order valence-corrected chi connectivity index (χ2v) is 8.09. The predicted octanol–water partition coefficient (Wildman–Crippen LogP) is 4.83. The number of rotatable bonds is 8. The van der Waals surface area contributed by atoms with Crippen molar-refractivity contribution >= 4 is 40.7 Å². The molecule has 0 spiro atoms. The summed E-state index contributed by atoms with van der Waals surface area (Å²) in [5.41, 5.74) is -0.0148. The van der Waals surface area contributed by atoms with Crippen LogP contribution in [0, 0.1) is 0 Å². The van der Waals surface area contributed by atoms with Gasteiger partial charge in [0.15, 0.2) is 0 Å². The van der Waals surface area contributed by atoms with Crippen LogP contribution in [-0.4, -0.2) is 48.1 Å². The van der Waals surface area contributed by atoms with Gasteiger partial charge in [-0.3, -0.25) is 9.59 Å². The molecule has 1 amide bonds. The van der Waals surface area contributed by atoms with Gasteiger partial charge < -0.3 is 23.9 Å². The molecular weight excluding hydrogens is 445 g/mol. The largest absolute Gasteiger partial charge is 0.507 e. The van der Waals surface area contributed by atoms with Gasteiger partial charge in [-0.05, 0) is 44.5 Å². The quantitative estimate of drug-likeness (QED) is 0.258. The maximum atomic E-state index is 13.0. The molecule has 9 heteroatoms. The zero-order valence-corrected chi connectivity index (χ0v) is 18.9. The summed E-state index contributed by atoms with van der Waals surface area (Å²) in [6.07, 6.45) is 2.00. The van der Waals surface area contributed by atoms with Gasteiger partial charge in [-0.2, -0.15) is 0 Å². The number of methoxy groups -OCH3 is 1. The van der Waals surface area contributed by atoms with E-state index in [1.54, 1.807) is 12.1 Å². The number of furan rings is 1. The number of Topliss-reactive ketones (excluding diaryl/α,β-unsaturated/α-hetero) is 1. The van der Waals surface area contributed by atoms with Crippen LogP contribution in [0.2, 0.25) is 10.0 Å². The Morgan fingerprint density at radius 2 is 2.03 bits per heavy atom. The molecule has 166 valence electrons. The number of ether oxygens (including phenoxy) is 2. The molecule has 1 saturated heterocycles. The van der Waals surface area contributed by atoms with Crippen molar-refractivity contribution in [1.82, 2.24) is 4.90 Å². The Kier molecular flexibility index (Phi) is 7.30. The van der Waals surface area contributed by atoms with Gasteiger partial charge in [0.1, 0.15) is 23.3 Å². The lowest BCUT2D eigenvalue weighted by Crippen LogP contribution is -2.31. The fourth-order valence-electron chi connectivity index (χ4n) is 3.50. The number of hydrogen-bond acceptors (Lipinski definition) is 6. The molecule has 0 radical (unpaired) electrons.